The van der Waals surface area contributed by atoms with Gasteiger partial charge in [-0.15, -0.1) is 0 Å². The molecule has 3 aliphatic heterocycles. The molecule has 0 saturated carbocycles. The molecule has 0 unspecified atom stereocenters. The standard InChI is InChI=1S/C23H26N4O3/c1-14-5-6-17(9-15(14)2)27-13-23-8-7-18(30-23)19(20(23)22(27)29)21(28)25(3)11-16-10-24-26(4)12-16/h5-10,12,18-20H,11,13H2,1-4H3/t18-,19-,20+,23-/m0/s1. The number of aryl methyl sites for hydroxylation is 3. The Bertz CT molecular complexity index is 1070. The van der Waals surface area contributed by atoms with Gasteiger partial charge in [0.15, 0.2) is 0 Å². The molecule has 2 bridgehead atoms. The summed E-state index contributed by atoms with van der Waals surface area (Å²) < 4.78 is 7.98. The van der Waals surface area contributed by atoms with Crippen LogP contribution in [-0.2, 0) is 27.9 Å². The molecule has 1 aromatic carbocycles. The maximum absolute atomic E-state index is 13.5. The maximum Gasteiger partial charge on any atom is 0.234 e. The van der Waals surface area contributed by atoms with Crippen LogP contribution < -0.4 is 4.90 Å². The van der Waals surface area contributed by atoms with Gasteiger partial charge in [0.05, 0.1) is 30.7 Å². The van der Waals surface area contributed by atoms with Crippen LogP contribution in [0.25, 0.3) is 0 Å². The van der Waals surface area contributed by atoms with E-state index in [4.69, 9.17) is 4.74 Å². The Kier molecular flexibility index (Phi) is 4.15. The molecule has 0 N–H and O–H groups in total. The van der Waals surface area contributed by atoms with Crippen LogP contribution in [0, 0.1) is 25.7 Å². The molecule has 30 heavy (non-hydrogen) atoms. The second kappa shape index (κ2) is 6.54. The molecule has 0 aliphatic carbocycles. The predicted molar refractivity (Wildman–Crippen MR) is 112 cm³/mol. The molecular formula is C23H26N4O3. The fourth-order valence-corrected chi connectivity index (χ4v) is 5.05. The van der Waals surface area contributed by atoms with Crippen molar-refractivity contribution in [2.45, 2.75) is 32.1 Å². The highest BCUT2D eigenvalue weighted by molar-refractivity contribution is 6.03. The van der Waals surface area contributed by atoms with Gasteiger partial charge in [-0.1, -0.05) is 18.2 Å². The van der Waals surface area contributed by atoms with Crippen LogP contribution in [0.4, 0.5) is 5.69 Å². The van der Waals surface area contributed by atoms with Gasteiger partial charge in [-0.2, -0.15) is 5.10 Å². The van der Waals surface area contributed by atoms with Gasteiger partial charge in [-0.25, -0.2) is 0 Å². The number of ether oxygens (including phenoxy) is 1. The number of carbonyl (C=O) groups excluding carboxylic acids is 2. The Morgan fingerprint density at radius 1 is 1.33 bits per heavy atom. The minimum atomic E-state index is -0.712. The van der Waals surface area contributed by atoms with E-state index in [1.54, 1.807) is 27.7 Å². The zero-order valence-electron chi connectivity index (χ0n) is 17.7. The summed E-state index contributed by atoms with van der Waals surface area (Å²) in [5.74, 6) is -1.08. The summed E-state index contributed by atoms with van der Waals surface area (Å²) in [7, 11) is 3.63. The van der Waals surface area contributed by atoms with Crippen molar-refractivity contribution in [2.24, 2.45) is 18.9 Å². The Balaban J connectivity index is 1.42. The van der Waals surface area contributed by atoms with Crippen LogP contribution in [0.15, 0.2) is 42.7 Å². The van der Waals surface area contributed by atoms with Gasteiger partial charge in [-0.05, 0) is 37.1 Å². The van der Waals surface area contributed by atoms with Crippen molar-refractivity contribution in [1.82, 2.24) is 14.7 Å². The molecule has 7 heteroatoms. The summed E-state index contributed by atoms with van der Waals surface area (Å²) in [4.78, 5) is 30.3. The van der Waals surface area contributed by atoms with E-state index in [1.165, 1.54) is 5.56 Å². The Labute approximate surface area is 175 Å². The molecule has 2 saturated heterocycles. The van der Waals surface area contributed by atoms with E-state index < -0.39 is 17.4 Å². The molecule has 2 aromatic rings. The molecule has 4 heterocycles. The molecule has 7 nitrogen and oxygen atoms in total. The van der Waals surface area contributed by atoms with E-state index in [1.807, 2.05) is 50.5 Å². The van der Waals surface area contributed by atoms with Crippen molar-refractivity contribution in [3.8, 4) is 0 Å². The van der Waals surface area contributed by atoms with Crippen LogP contribution in [-0.4, -0.2) is 51.8 Å². The van der Waals surface area contributed by atoms with Crippen LogP contribution in [0.1, 0.15) is 16.7 Å². The SMILES string of the molecule is Cc1ccc(N2C[C@]34C=C[C@H](O3)[C@H](C(=O)N(C)Cc3cnn(C)c3)[C@@H]4C2=O)cc1C. The van der Waals surface area contributed by atoms with Crippen molar-refractivity contribution in [2.75, 3.05) is 18.5 Å². The van der Waals surface area contributed by atoms with Crippen molar-refractivity contribution in [3.63, 3.8) is 0 Å². The fraction of sp³-hybridized carbons (Fsp3) is 0.435. The first kappa shape index (κ1) is 19.1. The molecular weight excluding hydrogens is 380 g/mol. The summed E-state index contributed by atoms with van der Waals surface area (Å²) in [5.41, 5.74) is 3.43. The number of carbonyl (C=O) groups is 2. The average Bonchev–Trinajstić information content (AvgIpc) is 3.45. The molecule has 5 rings (SSSR count). The predicted octanol–water partition coefficient (Wildman–Crippen LogP) is 1.98. The van der Waals surface area contributed by atoms with Gasteiger partial charge in [0, 0.05) is 38.1 Å². The number of fused-ring (bicyclic) bond motifs is 1. The topological polar surface area (TPSA) is 67.7 Å². The highest BCUT2D eigenvalue weighted by Crippen LogP contribution is 2.53. The number of nitrogens with zero attached hydrogens (tertiary/aromatic N) is 4. The average molecular weight is 406 g/mol. The summed E-state index contributed by atoms with van der Waals surface area (Å²) >= 11 is 0. The van der Waals surface area contributed by atoms with E-state index in [-0.39, 0.29) is 17.9 Å². The monoisotopic (exact) mass is 406 g/mol. The zero-order chi connectivity index (χ0) is 21.2. The Hall–Kier alpha value is -2.93. The number of aromatic nitrogens is 2. The third-order valence-electron chi connectivity index (χ3n) is 6.74. The van der Waals surface area contributed by atoms with Crippen LogP contribution >= 0.6 is 0 Å². The van der Waals surface area contributed by atoms with Gasteiger partial charge < -0.3 is 14.5 Å². The van der Waals surface area contributed by atoms with Gasteiger partial charge in [0.2, 0.25) is 11.8 Å². The molecule has 3 aliphatic rings. The number of hydrogen-bond acceptors (Lipinski definition) is 4. The van der Waals surface area contributed by atoms with E-state index in [9.17, 15) is 9.59 Å². The number of hydrogen-bond donors (Lipinski definition) is 0. The summed E-state index contributed by atoms with van der Waals surface area (Å²) in [5, 5.41) is 4.17. The third kappa shape index (κ3) is 2.72. The minimum Gasteiger partial charge on any atom is -0.360 e. The largest absolute Gasteiger partial charge is 0.360 e. The van der Waals surface area contributed by atoms with E-state index >= 15 is 0 Å². The smallest absolute Gasteiger partial charge is 0.234 e. The molecule has 1 spiro atoms. The minimum absolute atomic E-state index is 0.0294. The lowest BCUT2D eigenvalue weighted by molar-refractivity contribution is -0.139. The lowest BCUT2D eigenvalue weighted by Gasteiger charge is -2.27. The quantitative estimate of drug-likeness (QED) is 0.729. The first-order chi connectivity index (χ1) is 14.3. The second-order valence-electron chi connectivity index (χ2n) is 8.81. The van der Waals surface area contributed by atoms with Crippen molar-refractivity contribution in [1.29, 1.82) is 0 Å². The Morgan fingerprint density at radius 2 is 2.13 bits per heavy atom. The molecule has 1 aromatic heterocycles. The Morgan fingerprint density at radius 3 is 2.83 bits per heavy atom. The summed E-state index contributed by atoms with van der Waals surface area (Å²) in [6, 6.07) is 6.04. The van der Waals surface area contributed by atoms with Crippen molar-refractivity contribution < 1.29 is 14.3 Å². The first-order valence-corrected chi connectivity index (χ1v) is 10.3. The molecule has 0 radical (unpaired) electrons. The molecule has 156 valence electrons. The molecule has 2 amide bonds. The number of anilines is 1. The normalized spacial score (nSPS) is 29.0. The second-order valence-corrected chi connectivity index (χ2v) is 8.81. The summed E-state index contributed by atoms with van der Waals surface area (Å²) in [6.07, 6.45) is 7.25. The fourth-order valence-electron chi connectivity index (χ4n) is 5.05. The maximum atomic E-state index is 13.5. The van der Waals surface area contributed by atoms with Gasteiger partial charge in [-0.3, -0.25) is 14.3 Å². The zero-order valence-corrected chi connectivity index (χ0v) is 17.7. The van der Waals surface area contributed by atoms with Gasteiger partial charge in [0.1, 0.15) is 5.60 Å². The lowest BCUT2D eigenvalue weighted by Crippen LogP contribution is -2.44. The van der Waals surface area contributed by atoms with Crippen molar-refractivity contribution >= 4 is 17.5 Å². The third-order valence-corrected chi connectivity index (χ3v) is 6.74. The van der Waals surface area contributed by atoms with Crippen LogP contribution in [0.2, 0.25) is 0 Å². The van der Waals surface area contributed by atoms with E-state index in [2.05, 4.69) is 12.0 Å². The van der Waals surface area contributed by atoms with E-state index in [0.717, 1.165) is 16.8 Å². The number of rotatable bonds is 4. The highest BCUT2D eigenvalue weighted by Gasteiger charge is 2.67. The number of amides is 2. The first-order valence-electron chi connectivity index (χ1n) is 10.3. The highest BCUT2D eigenvalue weighted by atomic mass is 16.5. The van der Waals surface area contributed by atoms with Crippen molar-refractivity contribution in [3.05, 3.63) is 59.4 Å². The number of benzene rings is 1. The molecule has 2 fully saturated rings. The summed E-state index contributed by atoms with van der Waals surface area (Å²) in [6.45, 7) is 5.00. The lowest BCUT2D eigenvalue weighted by atomic mass is 9.76. The van der Waals surface area contributed by atoms with E-state index in [0.29, 0.717) is 13.1 Å². The van der Waals surface area contributed by atoms with Gasteiger partial charge >= 0.3 is 0 Å². The van der Waals surface area contributed by atoms with Gasteiger partial charge in [0.25, 0.3) is 0 Å². The van der Waals surface area contributed by atoms with Crippen LogP contribution in [0.3, 0.4) is 0 Å². The molecule has 4 atom stereocenters. The van der Waals surface area contributed by atoms with Crippen LogP contribution in [0.5, 0.6) is 0 Å².